The first kappa shape index (κ1) is 12.9. The summed E-state index contributed by atoms with van der Waals surface area (Å²) in [5, 5.41) is 0. The Hall–Kier alpha value is -1.05. The Kier molecular flexibility index (Phi) is 9.28. The van der Waals surface area contributed by atoms with Crippen molar-refractivity contribution in [2.75, 3.05) is 6.61 Å². The van der Waals surface area contributed by atoms with Crippen molar-refractivity contribution < 1.29 is 9.53 Å². The number of hydrogen-bond donors (Lipinski definition) is 0. The van der Waals surface area contributed by atoms with E-state index in [9.17, 15) is 4.79 Å². The van der Waals surface area contributed by atoms with Gasteiger partial charge in [-0.2, -0.15) is 0 Å². The number of hydrogen-bond acceptors (Lipinski definition) is 2. The van der Waals surface area contributed by atoms with Gasteiger partial charge in [0.2, 0.25) is 0 Å². The largest absolute Gasteiger partial charge is 0.462 e. The minimum atomic E-state index is -0.235. The highest BCUT2D eigenvalue weighted by Crippen LogP contribution is 1.99. The molecule has 0 atom stereocenters. The van der Waals surface area contributed by atoms with Gasteiger partial charge in [0.15, 0.2) is 0 Å². The van der Waals surface area contributed by atoms with Crippen molar-refractivity contribution in [3.05, 3.63) is 24.3 Å². The molecule has 0 radical (unpaired) electrons. The van der Waals surface area contributed by atoms with Crippen molar-refractivity contribution in [1.29, 1.82) is 0 Å². The van der Waals surface area contributed by atoms with Gasteiger partial charge in [-0.05, 0) is 18.9 Å². The molecule has 0 aromatic rings. The Bertz CT molecular complexity index is 192. The van der Waals surface area contributed by atoms with E-state index in [0.29, 0.717) is 6.61 Å². The molecular weight excluding hydrogens is 176 g/mol. The maximum Gasteiger partial charge on any atom is 0.302 e. The quantitative estimate of drug-likeness (QED) is 0.355. The molecule has 0 aromatic heterocycles. The van der Waals surface area contributed by atoms with E-state index in [4.69, 9.17) is 4.74 Å². The summed E-state index contributed by atoms with van der Waals surface area (Å²) in [4.78, 5) is 10.4. The van der Waals surface area contributed by atoms with Crippen molar-refractivity contribution >= 4 is 5.97 Å². The molecule has 0 N–H and O–H groups in total. The van der Waals surface area contributed by atoms with Crippen molar-refractivity contribution in [2.24, 2.45) is 0 Å². The monoisotopic (exact) mass is 196 g/mol. The smallest absolute Gasteiger partial charge is 0.302 e. The molecule has 0 fully saturated rings. The van der Waals surface area contributed by atoms with Crippen LogP contribution in [0, 0.1) is 0 Å². The Morgan fingerprint density at radius 3 is 2.57 bits per heavy atom. The summed E-state index contributed by atoms with van der Waals surface area (Å²) in [6.07, 6.45) is 12.8. The molecule has 0 aliphatic rings. The molecular formula is C12H20O2. The third-order valence-corrected chi connectivity index (χ3v) is 1.74. The summed E-state index contributed by atoms with van der Waals surface area (Å²) in [5.74, 6) is -0.235. The highest BCUT2D eigenvalue weighted by atomic mass is 16.5. The van der Waals surface area contributed by atoms with Crippen molar-refractivity contribution in [3.8, 4) is 0 Å². The van der Waals surface area contributed by atoms with Gasteiger partial charge in [0.25, 0.3) is 0 Å². The third kappa shape index (κ3) is 11.0. The summed E-state index contributed by atoms with van der Waals surface area (Å²) in [6, 6.07) is 0. The number of carbonyl (C=O) groups excluding carboxylic acids is 1. The second-order valence-electron chi connectivity index (χ2n) is 3.15. The molecule has 0 aromatic carbocycles. The van der Waals surface area contributed by atoms with Crippen LogP contribution in [0.2, 0.25) is 0 Å². The SMILES string of the molecule is CCCCC/C=C\C=CCOC(C)=O. The molecule has 0 saturated heterocycles. The number of carbonyl (C=O) groups is 1. The highest BCUT2D eigenvalue weighted by molar-refractivity contribution is 5.65. The number of unbranched alkanes of at least 4 members (excludes halogenated alkanes) is 3. The van der Waals surface area contributed by atoms with Crippen molar-refractivity contribution in [1.82, 2.24) is 0 Å². The van der Waals surface area contributed by atoms with Crippen LogP contribution in [0.5, 0.6) is 0 Å². The van der Waals surface area contributed by atoms with Gasteiger partial charge in [-0.25, -0.2) is 0 Å². The van der Waals surface area contributed by atoms with E-state index < -0.39 is 0 Å². The molecule has 0 rings (SSSR count). The summed E-state index contributed by atoms with van der Waals surface area (Å²) in [5.41, 5.74) is 0. The standard InChI is InChI=1S/C12H20O2/c1-3-4-5-6-7-8-9-10-11-14-12(2)13/h7-10H,3-6,11H2,1-2H3/b8-7-,10-9?. The molecule has 2 nitrogen and oxygen atoms in total. The number of allylic oxidation sites excluding steroid dienone is 3. The van der Waals surface area contributed by atoms with E-state index in [-0.39, 0.29) is 5.97 Å². The Morgan fingerprint density at radius 2 is 1.93 bits per heavy atom. The van der Waals surface area contributed by atoms with E-state index in [2.05, 4.69) is 13.0 Å². The van der Waals surface area contributed by atoms with Crippen molar-refractivity contribution in [3.63, 3.8) is 0 Å². The molecule has 2 heteroatoms. The molecule has 0 saturated carbocycles. The zero-order valence-corrected chi connectivity index (χ0v) is 9.16. The Morgan fingerprint density at radius 1 is 1.21 bits per heavy atom. The average Bonchev–Trinajstić information content (AvgIpc) is 2.15. The minimum Gasteiger partial charge on any atom is -0.462 e. The molecule has 0 aliphatic carbocycles. The molecule has 0 heterocycles. The van der Waals surface area contributed by atoms with Crippen molar-refractivity contribution in [2.45, 2.75) is 39.5 Å². The van der Waals surface area contributed by atoms with Crippen LogP contribution in [-0.4, -0.2) is 12.6 Å². The topological polar surface area (TPSA) is 26.3 Å². The molecule has 0 aliphatic heterocycles. The van der Waals surface area contributed by atoms with E-state index in [1.54, 1.807) is 0 Å². The van der Waals surface area contributed by atoms with E-state index in [0.717, 1.165) is 6.42 Å². The van der Waals surface area contributed by atoms with Crippen LogP contribution in [0.25, 0.3) is 0 Å². The Balaban J connectivity index is 3.28. The second-order valence-corrected chi connectivity index (χ2v) is 3.15. The lowest BCUT2D eigenvalue weighted by Gasteiger charge is -1.93. The van der Waals surface area contributed by atoms with Gasteiger partial charge in [-0.1, -0.05) is 38.0 Å². The van der Waals surface area contributed by atoms with Gasteiger partial charge < -0.3 is 4.74 Å². The summed E-state index contributed by atoms with van der Waals surface area (Å²) >= 11 is 0. The summed E-state index contributed by atoms with van der Waals surface area (Å²) < 4.78 is 4.73. The lowest BCUT2D eigenvalue weighted by Crippen LogP contribution is -1.96. The lowest BCUT2D eigenvalue weighted by atomic mass is 10.2. The number of rotatable bonds is 7. The minimum absolute atomic E-state index is 0.235. The fourth-order valence-electron chi connectivity index (χ4n) is 0.987. The molecule has 0 unspecified atom stereocenters. The van der Waals surface area contributed by atoms with Gasteiger partial charge >= 0.3 is 5.97 Å². The predicted octanol–water partition coefficient (Wildman–Crippen LogP) is 3.24. The van der Waals surface area contributed by atoms with Gasteiger partial charge in [0.1, 0.15) is 6.61 Å². The van der Waals surface area contributed by atoms with E-state index >= 15 is 0 Å². The summed E-state index contributed by atoms with van der Waals surface area (Å²) in [6.45, 7) is 3.98. The van der Waals surface area contributed by atoms with Crippen LogP contribution < -0.4 is 0 Å². The summed E-state index contributed by atoms with van der Waals surface area (Å²) in [7, 11) is 0. The zero-order chi connectivity index (χ0) is 10.6. The van der Waals surface area contributed by atoms with E-state index in [1.807, 2.05) is 18.2 Å². The first-order chi connectivity index (χ1) is 6.77. The van der Waals surface area contributed by atoms with E-state index in [1.165, 1.54) is 26.2 Å². The van der Waals surface area contributed by atoms with Gasteiger partial charge in [0, 0.05) is 6.92 Å². The number of esters is 1. The first-order valence-corrected chi connectivity index (χ1v) is 5.22. The van der Waals surface area contributed by atoms with Crippen LogP contribution >= 0.6 is 0 Å². The number of ether oxygens (including phenoxy) is 1. The van der Waals surface area contributed by atoms with Crippen LogP contribution in [0.3, 0.4) is 0 Å². The molecule has 0 bridgehead atoms. The average molecular weight is 196 g/mol. The second kappa shape index (κ2) is 10.0. The van der Waals surface area contributed by atoms with Gasteiger partial charge in [0.05, 0.1) is 0 Å². The van der Waals surface area contributed by atoms with Crippen LogP contribution in [-0.2, 0) is 9.53 Å². The van der Waals surface area contributed by atoms with Crippen LogP contribution in [0.15, 0.2) is 24.3 Å². The fraction of sp³-hybridized carbons (Fsp3) is 0.583. The molecule has 80 valence electrons. The first-order valence-electron chi connectivity index (χ1n) is 5.22. The lowest BCUT2D eigenvalue weighted by molar-refractivity contribution is -0.139. The van der Waals surface area contributed by atoms with Gasteiger partial charge in [-0.15, -0.1) is 0 Å². The molecule has 14 heavy (non-hydrogen) atoms. The molecule has 0 amide bonds. The maximum absolute atomic E-state index is 10.4. The van der Waals surface area contributed by atoms with Crippen LogP contribution in [0.1, 0.15) is 39.5 Å². The van der Waals surface area contributed by atoms with Gasteiger partial charge in [-0.3, -0.25) is 4.79 Å². The normalized spacial score (nSPS) is 11.3. The zero-order valence-electron chi connectivity index (χ0n) is 9.16. The highest BCUT2D eigenvalue weighted by Gasteiger charge is 1.85. The Labute approximate surface area is 86.6 Å². The molecule has 0 spiro atoms. The predicted molar refractivity (Wildman–Crippen MR) is 59.1 cm³/mol. The van der Waals surface area contributed by atoms with Crippen LogP contribution in [0.4, 0.5) is 0 Å². The fourth-order valence-corrected chi connectivity index (χ4v) is 0.987. The third-order valence-electron chi connectivity index (χ3n) is 1.74. The maximum atomic E-state index is 10.4.